The van der Waals surface area contributed by atoms with Gasteiger partial charge in [0.2, 0.25) is 0 Å². The molecule has 0 spiro atoms. The van der Waals surface area contributed by atoms with Gasteiger partial charge in [0.25, 0.3) is 0 Å². The minimum atomic E-state index is -0.326. The van der Waals surface area contributed by atoms with Crippen LogP contribution in [-0.2, 0) is 9.53 Å². The summed E-state index contributed by atoms with van der Waals surface area (Å²) >= 11 is 1.55. The van der Waals surface area contributed by atoms with Crippen LogP contribution in [0.5, 0.6) is 5.75 Å². The van der Waals surface area contributed by atoms with Crippen LogP contribution in [-0.4, -0.2) is 19.7 Å². The Labute approximate surface area is 128 Å². The molecule has 0 aliphatic rings. The fraction of sp³-hybridized carbons (Fsp3) is 0.312. The van der Waals surface area contributed by atoms with Crippen LogP contribution in [0.1, 0.15) is 24.3 Å². The van der Waals surface area contributed by atoms with Crippen molar-refractivity contribution in [2.45, 2.75) is 19.4 Å². The summed E-state index contributed by atoms with van der Waals surface area (Å²) in [6, 6.07) is 9.54. The topological polar surface area (TPSA) is 61.5 Å². The lowest BCUT2D eigenvalue weighted by Gasteiger charge is -2.08. The lowest BCUT2D eigenvalue weighted by Crippen LogP contribution is -2.16. The quantitative estimate of drug-likeness (QED) is 0.831. The molecule has 112 valence electrons. The van der Waals surface area contributed by atoms with Gasteiger partial charge in [0, 0.05) is 10.9 Å². The van der Waals surface area contributed by atoms with Crippen molar-refractivity contribution < 1.29 is 14.3 Å². The summed E-state index contributed by atoms with van der Waals surface area (Å²) in [6.45, 7) is 2.17. The first-order valence-corrected chi connectivity index (χ1v) is 7.66. The normalized spacial score (nSPS) is 12.0. The SMILES string of the molecule is CCOC(=O)CC(N)c1cc(-c2cccc(OC)c2)cs1. The van der Waals surface area contributed by atoms with Gasteiger partial charge in [0.1, 0.15) is 5.75 Å². The fourth-order valence-electron chi connectivity index (χ4n) is 2.00. The monoisotopic (exact) mass is 305 g/mol. The summed E-state index contributed by atoms with van der Waals surface area (Å²) in [6.07, 6.45) is 0.200. The fourth-order valence-corrected chi connectivity index (χ4v) is 2.92. The van der Waals surface area contributed by atoms with Gasteiger partial charge in [-0.05, 0) is 41.6 Å². The Morgan fingerprint density at radius 3 is 2.86 bits per heavy atom. The average Bonchev–Trinajstić information content (AvgIpc) is 2.97. The Morgan fingerprint density at radius 1 is 1.33 bits per heavy atom. The lowest BCUT2D eigenvalue weighted by atomic mass is 10.1. The molecule has 0 radical (unpaired) electrons. The first kappa shape index (κ1) is 15.5. The van der Waals surface area contributed by atoms with Gasteiger partial charge < -0.3 is 15.2 Å². The van der Waals surface area contributed by atoms with Gasteiger partial charge in [-0.25, -0.2) is 0 Å². The molecule has 1 heterocycles. The zero-order chi connectivity index (χ0) is 15.2. The second-order valence-electron chi connectivity index (χ2n) is 4.59. The zero-order valence-corrected chi connectivity index (χ0v) is 13.0. The maximum atomic E-state index is 11.5. The van der Waals surface area contributed by atoms with Crippen molar-refractivity contribution in [3.63, 3.8) is 0 Å². The molecule has 2 aromatic rings. The summed E-state index contributed by atoms with van der Waals surface area (Å²) in [5.74, 6) is 0.553. The summed E-state index contributed by atoms with van der Waals surface area (Å²) in [5.41, 5.74) is 8.21. The van der Waals surface area contributed by atoms with Gasteiger partial charge in [-0.2, -0.15) is 0 Å². The Kier molecular flexibility index (Phi) is 5.36. The van der Waals surface area contributed by atoms with Crippen molar-refractivity contribution in [1.82, 2.24) is 0 Å². The third-order valence-corrected chi connectivity index (χ3v) is 4.14. The van der Waals surface area contributed by atoms with E-state index in [4.69, 9.17) is 15.2 Å². The first-order valence-electron chi connectivity index (χ1n) is 6.78. The molecule has 1 unspecified atom stereocenters. The number of thiophene rings is 1. The first-order chi connectivity index (χ1) is 10.1. The van der Waals surface area contributed by atoms with E-state index in [-0.39, 0.29) is 18.4 Å². The Hall–Kier alpha value is -1.85. The average molecular weight is 305 g/mol. The number of hydrogen-bond donors (Lipinski definition) is 1. The molecular formula is C16H19NO3S. The number of nitrogens with two attached hydrogens (primary N) is 1. The maximum Gasteiger partial charge on any atom is 0.307 e. The molecule has 2 rings (SSSR count). The predicted octanol–water partition coefficient (Wildman–Crippen LogP) is 3.38. The van der Waals surface area contributed by atoms with Gasteiger partial charge in [-0.1, -0.05) is 12.1 Å². The highest BCUT2D eigenvalue weighted by atomic mass is 32.1. The number of hydrogen-bond acceptors (Lipinski definition) is 5. The number of rotatable bonds is 6. The van der Waals surface area contributed by atoms with E-state index in [9.17, 15) is 4.79 Å². The highest BCUT2D eigenvalue weighted by Gasteiger charge is 2.15. The largest absolute Gasteiger partial charge is 0.497 e. The Bertz CT molecular complexity index is 609. The lowest BCUT2D eigenvalue weighted by molar-refractivity contribution is -0.143. The van der Waals surface area contributed by atoms with E-state index < -0.39 is 0 Å². The van der Waals surface area contributed by atoms with Crippen LogP contribution >= 0.6 is 11.3 Å². The Morgan fingerprint density at radius 2 is 2.14 bits per heavy atom. The van der Waals surface area contributed by atoms with Crippen LogP contribution in [0.25, 0.3) is 11.1 Å². The third kappa shape index (κ3) is 4.06. The van der Waals surface area contributed by atoms with E-state index in [1.807, 2.05) is 35.7 Å². The van der Waals surface area contributed by atoms with Crippen LogP contribution in [0.2, 0.25) is 0 Å². The Balaban J connectivity index is 2.11. The number of esters is 1. The molecule has 1 aromatic carbocycles. The molecule has 0 saturated heterocycles. The van der Waals surface area contributed by atoms with Crippen molar-refractivity contribution in [2.75, 3.05) is 13.7 Å². The molecule has 0 amide bonds. The van der Waals surface area contributed by atoms with Crippen LogP contribution in [0.3, 0.4) is 0 Å². The smallest absolute Gasteiger partial charge is 0.307 e. The van der Waals surface area contributed by atoms with Crippen LogP contribution in [0.15, 0.2) is 35.7 Å². The molecule has 2 N–H and O–H groups in total. The van der Waals surface area contributed by atoms with Crippen molar-refractivity contribution in [3.8, 4) is 16.9 Å². The maximum absolute atomic E-state index is 11.5. The molecule has 4 nitrogen and oxygen atoms in total. The van der Waals surface area contributed by atoms with Gasteiger partial charge in [-0.3, -0.25) is 4.79 Å². The van der Waals surface area contributed by atoms with Crippen molar-refractivity contribution in [3.05, 3.63) is 40.6 Å². The van der Waals surface area contributed by atoms with E-state index in [1.54, 1.807) is 25.4 Å². The minimum Gasteiger partial charge on any atom is -0.497 e. The van der Waals surface area contributed by atoms with Gasteiger partial charge in [0.05, 0.1) is 20.1 Å². The number of methoxy groups -OCH3 is 1. The van der Waals surface area contributed by atoms with E-state index in [1.165, 1.54) is 0 Å². The summed E-state index contributed by atoms with van der Waals surface area (Å²) in [5, 5.41) is 2.04. The highest BCUT2D eigenvalue weighted by Crippen LogP contribution is 2.31. The summed E-state index contributed by atoms with van der Waals surface area (Å²) in [7, 11) is 1.65. The summed E-state index contributed by atoms with van der Waals surface area (Å²) < 4.78 is 10.2. The molecule has 21 heavy (non-hydrogen) atoms. The standard InChI is InChI=1S/C16H19NO3S/c1-3-20-16(18)9-14(17)15-8-12(10-21-15)11-5-4-6-13(7-11)19-2/h4-8,10,14H,3,9,17H2,1-2H3. The van der Waals surface area contributed by atoms with E-state index in [2.05, 4.69) is 0 Å². The van der Waals surface area contributed by atoms with E-state index >= 15 is 0 Å². The van der Waals surface area contributed by atoms with Gasteiger partial charge in [-0.15, -0.1) is 11.3 Å². The van der Waals surface area contributed by atoms with Gasteiger partial charge in [0.15, 0.2) is 0 Å². The van der Waals surface area contributed by atoms with Crippen LogP contribution < -0.4 is 10.5 Å². The molecule has 0 aliphatic heterocycles. The second-order valence-corrected chi connectivity index (χ2v) is 5.53. The molecule has 0 bridgehead atoms. The molecule has 1 atom stereocenters. The van der Waals surface area contributed by atoms with E-state index in [0.29, 0.717) is 6.61 Å². The van der Waals surface area contributed by atoms with Crippen molar-refractivity contribution in [1.29, 1.82) is 0 Å². The zero-order valence-electron chi connectivity index (χ0n) is 12.2. The highest BCUT2D eigenvalue weighted by molar-refractivity contribution is 7.10. The molecule has 5 heteroatoms. The number of carbonyl (C=O) groups excluding carboxylic acids is 1. The molecule has 1 aromatic heterocycles. The van der Waals surface area contributed by atoms with Crippen molar-refractivity contribution in [2.24, 2.45) is 5.73 Å². The molecule has 0 fully saturated rings. The number of ether oxygens (including phenoxy) is 2. The van der Waals surface area contributed by atoms with Gasteiger partial charge >= 0.3 is 5.97 Å². The predicted molar refractivity (Wildman–Crippen MR) is 84.5 cm³/mol. The minimum absolute atomic E-state index is 0.200. The number of benzene rings is 1. The molecule has 0 aliphatic carbocycles. The van der Waals surface area contributed by atoms with Crippen molar-refractivity contribution >= 4 is 17.3 Å². The second kappa shape index (κ2) is 7.24. The number of carbonyl (C=O) groups is 1. The molecular weight excluding hydrogens is 286 g/mol. The third-order valence-electron chi connectivity index (χ3n) is 3.08. The van der Waals surface area contributed by atoms with Crippen LogP contribution in [0.4, 0.5) is 0 Å². The molecule has 0 saturated carbocycles. The van der Waals surface area contributed by atoms with Crippen LogP contribution in [0, 0.1) is 0 Å². The summed E-state index contributed by atoms with van der Waals surface area (Å²) in [4.78, 5) is 12.4. The van der Waals surface area contributed by atoms with E-state index in [0.717, 1.165) is 21.8 Å².